The van der Waals surface area contributed by atoms with E-state index in [0.717, 1.165) is 12.1 Å². The molecule has 0 bridgehead atoms. The zero-order valence-electron chi connectivity index (χ0n) is 5.59. The summed E-state index contributed by atoms with van der Waals surface area (Å²) < 4.78 is 34.4. The molecule has 0 unspecified atom stereocenters. The maximum Gasteiger partial charge on any atom is 0.261 e. The van der Waals surface area contributed by atoms with Crippen LogP contribution in [-0.2, 0) is 9.05 Å². The van der Waals surface area contributed by atoms with Gasteiger partial charge in [-0.15, -0.1) is 0 Å². The third-order valence-corrected chi connectivity index (χ3v) is 2.91. The highest BCUT2D eigenvalue weighted by Crippen LogP contribution is 2.21. The molecule has 0 heterocycles. The molecule has 0 atom stereocenters. The minimum absolute atomic E-state index is 0.254. The van der Waals surface area contributed by atoms with Crippen LogP contribution in [0.1, 0.15) is 0 Å². The second kappa shape index (κ2) is 3.32. The predicted octanol–water partition coefficient (Wildman–Crippen LogP) is 2.52. The predicted molar refractivity (Wildman–Crippen MR) is 47.1 cm³/mol. The molecule has 66 valence electrons. The fourth-order valence-electron chi connectivity index (χ4n) is 0.669. The number of halogens is 3. The molecule has 1 rings (SSSR count). The number of hydrogen-bond donors (Lipinski definition) is 0. The van der Waals surface area contributed by atoms with E-state index in [1.807, 2.05) is 0 Å². The van der Waals surface area contributed by atoms with Crippen LogP contribution >= 0.6 is 26.6 Å². The van der Waals surface area contributed by atoms with Crippen LogP contribution in [-0.4, -0.2) is 8.42 Å². The Morgan fingerprint density at radius 1 is 1.33 bits per heavy atom. The Morgan fingerprint density at radius 2 is 1.92 bits per heavy atom. The summed E-state index contributed by atoms with van der Waals surface area (Å²) in [5, 5.41) is 0. The van der Waals surface area contributed by atoms with E-state index in [1.54, 1.807) is 0 Å². The van der Waals surface area contributed by atoms with Gasteiger partial charge in [-0.1, -0.05) is 15.9 Å². The maximum atomic E-state index is 12.6. The highest BCUT2D eigenvalue weighted by atomic mass is 79.9. The Labute approximate surface area is 81.9 Å². The van der Waals surface area contributed by atoms with E-state index in [1.165, 1.54) is 6.07 Å². The third-order valence-electron chi connectivity index (χ3n) is 1.12. The highest BCUT2D eigenvalue weighted by Gasteiger charge is 2.11. The number of benzene rings is 1. The maximum absolute atomic E-state index is 12.6. The fourth-order valence-corrected chi connectivity index (χ4v) is 2.07. The van der Waals surface area contributed by atoms with Gasteiger partial charge in [0.25, 0.3) is 9.05 Å². The van der Waals surface area contributed by atoms with Crippen molar-refractivity contribution >= 4 is 35.7 Å². The zero-order valence-corrected chi connectivity index (χ0v) is 8.75. The van der Waals surface area contributed by atoms with Crippen LogP contribution in [0.2, 0.25) is 0 Å². The summed E-state index contributed by atoms with van der Waals surface area (Å²) in [7, 11) is 1.14. The van der Waals surface area contributed by atoms with Crippen LogP contribution in [0.3, 0.4) is 0 Å². The fraction of sp³-hybridized carbons (Fsp3) is 0. The van der Waals surface area contributed by atoms with Crippen LogP contribution in [0.5, 0.6) is 0 Å². The van der Waals surface area contributed by atoms with Crippen molar-refractivity contribution in [3.05, 3.63) is 28.5 Å². The molecule has 0 spiro atoms. The summed E-state index contributed by atoms with van der Waals surface area (Å²) in [5.41, 5.74) is 0. The van der Waals surface area contributed by atoms with Crippen LogP contribution < -0.4 is 0 Å². The molecule has 0 saturated heterocycles. The molecule has 1 aromatic rings. The van der Waals surface area contributed by atoms with E-state index in [9.17, 15) is 12.8 Å². The lowest BCUT2D eigenvalue weighted by Gasteiger charge is -1.96. The first-order chi connectivity index (χ1) is 5.39. The largest absolute Gasteiger partial charge is 0.261 e. The van der Waals surface area contributed by atoms with Crippen molar-refractivity contribution in [2.24, 2.45) is 0 Å². The summed E-state index contributed by atoms with van der Waals surface area (Å²) in [6.07, 6.45) is 0. The van der Waals surface area contributed by atoms with E-state index in [2.05, 4.69) is 15.9 Å². The lowest BCUT2D eigenvalue weighted by atomic mass is 10.3. The summed E-state index contributed by atoms with van der Waals surface area (Å²) in [6.45, 7) is 0. The van der Waals surface area contributed by atoms with Gasteiger partial charge >= 0.3 is 0 Å². The Morgan fingerprint density at radius 3 is 2.33 bits per heavy atom. The quantitative estimate of drug-likeness (QED) is 0.737. The molecule has 0 fully saturated rings. The molecule has 0 aromatic heterocycles. The molecule has 6 heteroatoms. The smallest absolute Gasteiger partial charge is 0.207 e. The second-order valence-corrected chi connectivity index (χ2v) is 5.52. The van der Waals surface area contributed by atoms with Gasteiger partial charge in [-0.05, 0) is 18.2 Å². The molecular weight excluding hydrogens is 270 g/mol. The minimum atomic E-state index is -3.85. The van der Waals surface area contributed by atoms with Crippen LogP contribution in [0.25, 0.3) is 0 Å². The average molecular weight is 274 g/mol. The third kappa shape index (κ3) is 2.43. The van der Waals surface area contributed by atoms with E-state index < -0.39 is 14.9 Å². The molecule has 0 radical (unpaired) electrons. The average Bonchev–Trinajstić information content (AvgIpc) is 1.82. The molecule has 2 nitrogen and oxygen atoms in total. The Hall–Kier alpha value is -0.130. The van der Waals surface area contributed by atoms with Crippen molar-refractivity contribution in [2.75, 3.05) is 0 Å². The summed E-state index contributed by atoms with van der Waals surface area (Å²) in [5.74, 6) is -0.649. The summed E-state index contributed by atoms with van der Waals surface area (Å²) >= 11 is 2.94. The molecule has 0 aliphatic carbocycles. The molecule has 1 aromatic carbocycles. The zero-order chi connectivity index (χ0) is 9.35. The number of rotatable bonds is 1. The first-order valence-corrected chi connectivity index (χ1v) is 5.90. The molecule has 0 aliphatic heterocycles. The van der Waals surface area contributed by atoms with Crippen LogP contribution in [0.15, 0.2) is 27.6 Å². The van der Waals surface area contributed by atoms with Gasteiger partial charge in [-0.3, -0.25) is 0 Å². The van der Waals surface area contributed by atoms with Crippen molar-refractivity contribution in [1.29, 1.82) is 0 Å². The normalized spacial score (nSPS) is 11.6. The first kappa shape index (κ1) is 9.95. The Balaban J connectivity index is 3.37. The number of hydrogen-bond acceptors (Lipinski definition) is 2. The standard InChI is InChI=1S/C6H3BrClFO2S/c7-4-1-5(9)3-6(2-4)12(8,10)11/h1-3H. The van der Waals surface area contributed by atoms with Gasteiger partial charge in [0.05, 0.1) is 4.90 Å². The van der Waals surface area contributed by atoms with Crippen molar-refractivity contribution < 1.29 is 12.8 Å². The van der Waals surface area contributed by atoms with Crippen molar-refractivity contribution in [1.82, 2.24) is 0 Å². The minimum Gasteiger partial charge on any atom is -0.207 e. The van der Waals surface area contributed by atoms with Gasteiger partial charge in [-0.2, -0.15) is 0 Å². The molecule has 0 N–H and O–H groups in total. The van der Waals surface area contributed by atoms with Gasteiger partial charge < -0.3 is 0 Å². The van der Waals surface area contributed by atoms with Crippen molar-refractivity contribution in [3.8, 4) is 0 Å². The van der Waals surface area contributed by atoms with Gasteiger partial charge in [0.2, 0.25) is 0 Å². The molecule has 0 aliphatic rings. The van der Waals surface area contributed by atoms with E-state index in [4.69, 9.17) is 10.7 Å². The first-order valence-electron chi connectivity index (χ1n) is 2.80. The van der Waals surface area contributed by atoms with Crippen LogP contribution in [0.4, 0.5) is 4.39 Å². The lowest BCUT2D eigenvalue weighted by Crippen LogP contribution is -1.91. The molecule has 0 amide bonds. The molecular formula is C6H3BrClFO2S. The topological polar surface area (TPSA) is 34.1 Å². The van der Waals surface area contributed by atoms with Gasteiger partial charge in [-0.25, -0.2) is 12.8 Å². The summed E-state index contributed by atoms with van der Waals surface area (Å²) in [4.78, 5) is -0.254. The van der Waals surface area contributed by atoms with E-state index >= 15 is 0 Å². The highest BCUT2D eigenvalue weighted by molar-refractivity contribution is 9.10. The van der Waals surface area contributed by atoms with Gasteiger partial charge in [0.15, 0.2) is 0 Å². The van der Waals surface area contributed by atoms with E-state index in [0.29, 0.717) is 4.47 Å². The monoisotopic (exact) mass is 272 g/mol. The lowest BCUT2D eigenvalue weighted by molar-refractivity contribution is 0.602. The van der Waals surface area contributed by atoms with Crippen molar-refractivity contribution in [2.45, 2.75) is 4.90 Å². The van der Waals surface area contributed by atoms with Crippen molar-refractivity contribution in [3.63, 3.8) is 0 Å². The SMILES string of the molecule is O=S(=O)(Cl)c1cc(F)cc(Br)c1. The summed E-state index contributed by atoms with van der Waals surface area (Å²) in [6, 6.07) is 3.23. The van der Waals surface area contributed by atoms with E-state index in [-0.39, 0.29) is 4.90 Å². The second-order valence-electron chi connectivity index (χ2n) is 2.04. The molecule has 12 heavy (non-hydrogen) atoms. The van der Waals surface area contributed by atoms with Crippen LogP contribution in [0, 0.1) is 5.82 Å². The van der Waals surface area contributed by atoms with Gasteiger partial charge in [0.1, 0.15) is 5.82 Å². The molecule has 0 saturated carbocycles. The Bertz CT molecular complexity index is 384. The Kier molecular flexibility index (Phi) is 2.75. The van der Waals surface area contributed by atoms with Gasteiger partial charge in [0, 0.05) is 15.2 Å².